The zero-order valence-corrected chi connectivity index (χ0v) is 5.96. The van der Waals surface area contributed by atoms with Crippen LogP contribution in [0, 0.1) is 0 Å². The molecule has 1 atom stereocenters. The van der Waals surface area contributed by atoms with E-state index >= 15 is 0 Å². The quantitative estimate of drug-likeness (QED) is 0.515. The van der Waals surface area contributed by atoms with Gasteiger partial charge in [-0.05, 0) is 14.0 Å². The Kier molecular flexibility index (Phi) is 2.05. The third-order valence-corrected chi connectivity index (χ3v) is 1.86. The highest BCUT2D eigenvalue weighted by molar-refractivity contribution is 4.81. The van der Waals surface area contributed by atoms with Gasteiger partial charge in [-0.15, -0.1) is 0 Å². The molecule has 1 fully saturated rings. The van der Waals surface area contributed by atoms with E-state index in [1.807, 2.05) is 7.05 Å². The van der Waals surface area contributed by atoms with Crippen molar-refractivity contribution in [2.45, 2.75) is 19.2 Å². The summed E-state index contributed by atoms with van der Waals surface area (Å²) in [5.74, 6) is 0. The lowest BCUT2D eigenvalue weighted by Crippen LogP contribution is -2.57. The molecule has 0 spiro atoms. The Balaban J connectivity index is 2.15. The van der Waals surface area contributed by atoms with Gasteiger partial charge in [0, 0.05) is 13.1 Å². The van der Waals surface area contributed by atoms with Gasteiger partial charge in [0.05, 0.1) is 12.3 Å². The van der Waals surface area contributed by atoms with Crippen molar-refractivity contribution in [1.82, 2.24) is 10.2 Å². The molecule has 0 amide bonds. The van der Waals surface area contributed by atoms with E-state index in [9.17, 15) is 0 Å². The Morgan fingerprint density at radius 1 is 1.67 bits per heavy atom. The van der Waals surface area contributed by atoms with E-state index in [0.29, 0.717) is 6.17 Å². The maximum Gasteiger partial charge on any atom is 0.0795 e. The maximum absolute atomic E-state index is 8.89. The van der Waals surface area contributed by atoms with Crippen LogP contribution in [-0.4, -0.2) is 42.4 Å². The highest BCUT2D eigenvalue weighted by atomic mass is 16.3. The van der Waals surface area contributed by atoms with Crippen molar-refractivity contribution in [3.05, 3.63) is 0 Å². The molecule has 9 heavy (non-hydrogen) atoms. The fourth-order valence-corrected chi connectivity index (χ4v) is 0.987. The zero-order valence-electron chi connectivity index (χ0n) is 5.96. The molecule has 1 saturated heterocycles. The summed E-state index contributed by atoms with van der Waals surface area (Å²) in [6, 6.07) is 0. The number of hydrogen-bond donors (Lipinski definition) is 2. The first-order valence-electron chi connectivity index (χ1n) is 3.33. The molecular weight excluding hydrogens is 116 g/mol. The predicted octanol–water partition coefficient (Wildman–Crippen LogP) is -0.772. The van der Waals surface area contributed by atoms with Gasteiger partial charge < -0.3 is 10.4 Å². The fourth-order valence-electron chi connectivity index (χ4n) is 0.987. The molecule has 3 nitrogen and oxygen atoms in total. The number of likely N-dealkylation sites (tertiary alicyclic amines) is 1. The molecule has 2 N–H and O–H groups in total. The van der Waals surface area contributed by atoms with Crippen LogP contribution in [0.25, 0.3) is 0 Å². The van der Waals surface area contributed by atoms with E-state index in [-0.39, 0.29) is 6.10 Å². The van der Waals surface area contributed by atoms with Gasteiger partial charge in [0.25, 0.3) is 0 Å². The molecule has 3 heteroatoms. The standard InChI is InChI=1S/C6H14N2O/c1-5(7-2)8-3-6(9)4-8/h5-7,9H,3-4H2,1-2H3. The van der Waals surface area contributed by atoms with Gasteiger partial charge in [-0.1, -0.05) is 0 Å². The average molecular weight is 130 g/mol. The SMILES string of the molecule is CNC(C)N1CC(O)C1. The van der Waals surface area contributed by atoms with Gasteiger partial charge in [-0.3, -0.25) is 4.90 Å². The van der Waals surface area contributed by atoms with Crippen LogP contribution in [-0.2, 0) is 0 Å². The summed E-state index contributed by atoms with van der Waals surface area (Å²) in [4.78, 5) is 2.19. The van der Waals surface area contributed by atoms with Crippen LogP contribution in [0.4, 0.5) is 0 Å². The van der Waals surface area contributed by atoms with E-state index in [1.165, 1.54) is 0 Å². The number of rotatable bonds is 2. The van der Waals surface area contributed by atoms with Gasteiger partial charge in [0.1, 0.15) is 0 Å². The third kappa shape index (κ3) is 1.41. The van der Waals surface area contributed by atoms with Gasteiger partial charge in [0.15, 0.2) is 0 Å². The van der Waals surface area contributed by atoms with Gasteiger partial charge >= 0.3 is 0 Å². The molecule has 0 radical (unpaired) electrons. The van der Waals surface area contributed by atoms with Crippen LogP contribution in [0.2, 0.25) is 0 Å². The topological polar surface area (TPSA) is 35.5 Å². The van der Waals surface area contributed by atoms with Crippen LogP contribution in [0.1, 0.15) is 6.92 Å². The molecule has 0 aromatic heterocycles. The normalized spacial score (nSPS) is 25.7. The second kappa shape index (κ2) is 2.64. The average Bonchev–Trinajstić information content (AvgIpc) is 1.79. The Morgan fingerprint density at radius 3 is 2.56 bits per heavy atom. The van der Waals surface area contributed by atoms with E-state index < -0.39 is 0 Å². The minimum Gasteiger partial charge on any atom is -0.390 e. The van der Waals surface area contributed by atoms with Crippen molar-refractivity contribution in [3.8, 4) is 0 Å². The number of nitrogens with one attached hydrogen (secondary N) is 1. The minimum atomic E-state index is -0.0826. The van der Waals surface area contributed by atoms with E-state index in [1.54, 1.807) is 0 Å². The van der Waals surface area contributed by atoms with Crippen molar-refractivity contribution in [3.63, 3.8) is 0 Å². The molecule has 1 aliphatic rings. The van der Waals surface area contributed by atoms with Crippen molar-refractivity contribution >= 4 is 0 Å². The maximum atomic E-state index is 8.89. The predicted molar refractivity (Wildman–Crippen MR) is 36.1 cm³/mol. The number of nitrogens with zero attached hydrogens (tertiary/aromatic N) is 1. The van der Waals surface area contributed by atoms with Crippen molar-refractivity contribution in [1.29, 1.82) is 0 Å². The van der Waals surface area contributed by atoms with Crippen molar-refractivity contribution in [2.24, 2.45) is 0 Å². The van der Waals surface area contributed by atoms with Crippen molar-refractivity contribution in [2.75, 3.05) is 20.1 Å². The molecule has 0 bridgehead atoms. The Morgan fingerprint density at radius 2 is 2.22 bits per heavy atom. The summed E-state index contributed by atoms with van der Waals surface area (Å²) >= 11 is 0. The van der Waals surface area contributed by atoms with E-state index in [0.717, 1.165) is 13.1 Å². The molecule has 0 aliphatic carbocycles. The van der Waals surface area contributed by atoms with Crippen LogP contribution in [0.15, 0.2) is 0 Å². The largest absolute Gasteiger partial charge is 0.390 e. The van der Waals surface area contributed by atoms with Crippen LogP contribution in [0.5, 0.6) is 0 Å². The lowest BCUT2D eigenvalue weighted by atomic mass is 10.1. The Hall–Kier alpha value is -0.120. The molecule has 0 aromatic carbocycles. The summed E-state index contributed by atoms with van der Waals surface area (Å²) in [5.41, 5.74) is 0. The molecule has 1 heterocycles. The summed E-state index contributed by atoms with van der Waals surface area (Å²) in [6.45, 7) is 3.73. The summed E-state index contributed by atoms with van der Waals surface area (Å²) < 4.78 is 0. The second-order valence-corrected chi connectivity index (χ2v) is 2.57. The lowest BCUT2D eigenvalue weighted by molar-refractivity contribution is -0.0265. The monoisotopic (exact) mass is 130 g/mol. The summed E-state index contributed by atoms with van der Waals surface area (Å²) in [6.07, 6.45) is 0.328. The number of aliphatic hydroxyl groups is 1. The summed E-state index contributed by atoms with van der Waals surface area (Å²) in [7, 11) is 1.93. The van der Waals surface area contributed by atoms with Gasteiger partial charge in [0.2, 0.25) is 0 Å². The molecule has 0 aromatic rings. The fraction of sp³-hybridized carbons (Fsp3) is 1.00. The lowest BCUT2D eigenvalue weighted by Gasteiger charge is -2.40. The molecular formula is C6H14N2O. The van der Waals surface area contributed by atoms with E-state index in [2.05, 4.69) is 17.1 Å². The first-order valence-corrected chi connectivity index (χ1v) is 3.33. The first-order chi connectivity index (χ1) is 4.24. The first kappa shape index (κ1) is 6.99. The van der Waals surface area contributed by atoms with E-state index in [4.69, 9.17) is 5.11 Å². The second-order valence-electron chi connectivity index (χ2n) is 2.57. The molecule has 1 aliphatic heterocycles. The van der Waals surface area contributed by atoms with Gasteiger partial charge in [-0.2, -0.15) is 0 Å². The van der Waals surface area contributed by atoms with Crippen molar-refractivity contribution < 1.29 is 5.11 Å². The Labute approximate surface area is 55.7 Å². The minimum absolute atomic E-state index is 0.0826. The summed E-state index contributed by atoms with van der Waals surface area (Å²) in [5, 5.41) is 12.0. The molecule has 1 unspecified atom stereocenters. The number of hydrogen-bond acceptors (Lipinski definition) is 3. The highest BCUT2D eigenvalue weighted by Gasteiger charge is 2.27. The highest BCUT2D eigenvalue weighted by Crippen LogP contribution is 2.08. The van der Waals surface area contributed by atoms with Gasteiger partial charge in [-0.25, -0.2) is 0 Å². The van der Waals surface area contributed by atoms with Crippen LogP contribution >= 0.6 is 0 Å². The number of β-amino-alcohol motifs (C(OH)–C–C–N with tert-alkyl or cyclic N) is 1. The third-order valence-electron chi connectivity index (χ3n) is 1.86. The zero-order chi connectivity index (χ0) is 6.85. The smallest absolute Gasteiger partial charge is 0.0795 e. The van der Waals surface area contributed by atoms with Crippen LogP contribution < -0.4 is 5.32 Å². The Bertz CT molecular complexity index is 91.1. The number of aliphatic hydroxyl groups excluding tert-OH is 1. The molecule has 1 rings (SSSR count). The molecule has 0 saturated carbocycles. The van der Waals surface area contributed by atoms with Crippen LogP contribution in [0.3, 0.4) is 0 Å². The molecule has 54 valence electrons.